The molecular weight excluding hydrogens is 534 g/mol. The Morgan fingerprint density at radius 1 is 1.09 bits per heavy atom. The molecule has 0 aliphatic carbocycles. The van der Waals surface area contributed by atoms with Crippen LogP contribution in [0.3, 0.4) is 0 Å². The highest BCUT2D eigenvalue weighted by Gasteiger charge is 2.23. The first-order valence-corrected chi connectivity index (χ1v) is 11.4. The van der Waals surface area contributed by atoms with Crippen molar-refractivity contribution in [3.8, 4) is 0 Å². The predicted octanol–water partition coefficient (Wildman–Crippen LogP) is 4.11. The van der Waals surface area contributed by atoms with Gasteiger partial charge in [0.1, 0.15) is 5.82 Å². The Hall–Kier alpha value is -1.75. The zero-order chi connectivity index (χ0) is 22.6. The Kier molecular flexibility index (Phi) is 12.7. The number of rotatable bonds is 10. The Morgan fingerprint density at radius 2 is 1.79 bits per heavy atom. The second kappa shape index (κ2) is 15.2. The molecule has 8 heteroatoms. The molecule has 0 aromatic heterocycles. The first kappa shape index (κ1) is 27.5. The molecule has 1 unspecified atom stereocenters. The topological polar surface area (TPSA) is 58.1 Å². The number of hydrogen-bond acceptors (Lipinski definition) is 4. The van der Waals surface area contributed by atoms with E-state index >= 15 is 0 Å². The molecule has 182 valence electrons. The largest absolute Gasteiger partial charge is 0.379 e. The van der Waals surface area contributed by atoms with Crippen molar-refractivity contribution in [2.24, 2.45) is 4.99 Å². The van der Waals surface area contributed by atoms with Crippen molar-refractivity contribution in [3.05, 3.63) is 71.0 Å². The average Bonchev–Trinajstić information content (AvgIpc) is 2.84. The highest BCUT2D eigenvalue weighted by Crippen LogP contribution is 2.21. The summed E-state index contributed by atoms with van der Waals surface area (Å²) in [6.45, 7) is 7.92. The molecule has 2 aromatic carbocycles. The molecule has 1 aliphatic heterocycles. The number of morpholine rings is 1. The molecule has 0 radical (unpaired) electrons. The van der Waals surface area contributed by atoms with Crippen LogP contribution in [0.25, 0.3) is 0 Å². The molecule has 1 fully saturated rings. The van der Waals surface area contributed by atoms with E-state index in [0.717, 1.165) is 37.6 Å². The van der Waals surface area contributed by atoms with Gasteiger partial charge in [-0.2, -0.15) is 0 Å². The summed E-state index contributed by atoms with van der Waals surface area (Å²) in [6.07, 6.45) is 1.01. The molecule has 0 bridgehead atoms. The molecule has 0 amide bonds. The fourth-order valence-electron chi connectivity index (χ4n) is 3.82. The fraction of sp³-hybridized carbons (Fsp3) is 0.480. The number of halogens is 2. The van der Waals surface area contributed by atoms with Gasteiger partial charge in [0.25, 0.3) is 0 Å². The molecule has 1 heterocycles. The second-order valence-corrected chi connectivity index (χ2v) is 7.84. The van der Waals surface area contributed by atoms with Gasteiger partial charge >= 0.3 is 0 Å². The van der Waals surface area contributed by atoms with E-state index < -0.39 is 0 Å². The lowest BCUT2D eigenvalue weighted by Crippen LogP contribution is -2.46. The smallest absolute Gasteiger partial charge is 0.191 e. The molecular formula is C25H36FIN4O2. The van der Waals surface area contributed by atoms with Gasteiger partial charge in [-0.05, 0) is 35.2 Å². The summed E-state index contributed by atoms with van der Waals surface area (Å²) >= 11 is 0. The molecule has 1 aliphatic rings. The first-order chi connectivity index (χ1) is 15.7. The van der Waals surface area contributed by atoms with E-state index in [-0.39, 0.29) is 35.8 Å². The maximum absolute atomic E-state index is 13.5. The summed E-state index contributed by atoms with van der Waals surface area (Å²) < 4.78 is 24.7. The van der Waals surface area contributed by atoms with Crippen LogP contribution in [0.2, 0.25) is 0 Å². The van der Waals surface area contributed by atoms with Gasteiger partial charge in [-0.3, -0.25) is 9.89 Å². The Bertz CT molecular complexity index is 845. The molecule has 0 saturated carbocycles. The maximum Gasteiger partial charge on any atom is 0.191 e. The van der Waals surface area contributed by atoms with Crippen molar-refractivity contribution in [1.82, 2.24) is 15.5 Å². The van der Waals surface area contributed by atoms with Crippen LogP contribution in [-0.2, 0) is 22.6 Å². The van der Waals surface area contributed by atoms with Gasteiger partial charge in [0.05, 0.1) is 25.9 Å². The van der Waals surface area contributed by atoms with Crippen molar-refractivity contribution in [1.29, 1.82) is 0 Å². The number of hydrogen-bond donors (Lipinski definition) is 2. The van der Waals surface area contributed by atoms with Crippen molar-refractivity contribution in [2.45, 2.75) is 32.5 Å². The minimum Gasteiger partial charge on any atom is -0.379 e. The summed E-state index contributed by atoms with van der Waals surface area (Å²) in [4.78, 5) is 6.77. The highest BCUT2D eigenvalue weighted by molar-refractivity contribution is 14.0. The SMILES string of the molecule is CCCOCc1ccccc1CNC(=NC)NCC(c1ccc(F)cc1)N1CCOCC1.I. The zero-order valence-corrected chi connectivity index (χ0v) is 21.9. The van der Waals surface area contributed by atoms with Crippen LogP contribution in [0.4, 0.5) is 4.39 Å². The van der Waals surface area contributed by atoms with Gasteiger partial charge in [-0.25, -0.2) is 4.39 Å². The number of ether oxygens (including phenoxy) is 2. The van der Waals surface area contributed by atoms with E-state index in [1.54, 1.807) is 7.05 Å². The maximum atomic E-state index is 13.5. The van der Waals surface area contributed by atoms with Gasteiger partial charge in [-0.1, -0.05) is 43.3 Å². The average molecular weight is 570 g/mol. The second-order valence-electron chi connectivity index (χ2n) is 7.84. The highest BCUT2D eigenvalue weighted by atomic mass is 127. The van der Waals surface area contributed by atoms with Gasteiger partial charge in [0, 0.05) is 39.8 Å². The number of aliphatic imine (C=N–C) groups is 1. The summed E-state index contributed by atoms with van der Waals surface area (Å²) in [5, 5.41) is 6.87. The van der Waals surface area contributed by atoms with E-state index in [2.05, 4.69) is 39.6 Å². The molecule has 3 rings (SSSR count). The third kappa shape index (κ3) is 8.84. The normalized spacial score (nSPS) is 15.5. The minimum absolute atomic E-state index is 0. The molecule has 2 N–H and O–H groups in total. The predicted molar refractivity (Wildman–Crippen MR) is 142 cm³/mol. The molecule has 1 atom stereocenters. The monoisotopic (exact) mass is 570 g/mol. The van der Waals surface area contributed by atoms with Crippen LogP contribution in [-0.4, -0.2) is 57.4 Å². The van der Waals surface area contributed by atoms with Crippen LogP contribution in [0.5, 0.6) is 0 Å². The van der Waals surface area contributed by atoms with Crippen molar-refractivity contribution in [3.63, 3.8) is 0 Å². The standard InChI is InChI=1S/C25H35FN4O2.HI/c1-3-14-32-19-22-7-5-4-6-21(22)17-28-25(27-2)29-18-24(30-12-15-31-16-13-30)20-8-10-23(26)11-9-20;/h4-11,24H,3,12-19H2,1-2H3,(H2,27,28,29);1H. The van der Waals surface area contributed by atoms with Gasteiger partial charge in [0.15, 0.2) is 5.96 Å². The first-order valence-electron chi connectivity index (χ1n) is 11.4. The lowest BCUT2D eigenvalue weighted by atomic mass is 10.0. The Balaban J connectivity index is 0.00000385. The van der Waals surface area contributed by atoms with E-state index in [0.29, 0.717) is 32.9 Å². The third-order valence-electron chi connectivity index (χ3n) is 5.60. The van der Waals surface area contributed by atoms with Crippen molar-refractivity contribution < 1.29 is 13.9 Å². The van der Waals surface area contributed by atoms with Crippen LogP contribution < -0.4 is 10.6 Å². The number of guanidine groups is 1. The molecule has 2 aromatic rings. The summed E-state index contributed by atoms with van der Waals surface area (Å²) in [5.74, 6) is 0.510. The fourth-order valence-corrected chi connectivity index (χ4v) is 3.82. The van der Waals surface area contributed by atoms with Crippen LogP contribution >= 0.6 is 24.0 Å². The lowest BCUT2D eigenvalue weighted by Gasteiger charge is -2.35. The number of nitrogens with zero attached hydrogens (tertiary/aromatic N) is 2. The molecule has 33 heavy (non-hydrogen) atoms. The molecule has 6 nitrogen and oxygen atoms in total. The van der Waals surface area contributed by atoms with Crippen LogP contribution in [0, 0.1) is 5.82 Å². The van der Waals surface area contributed by atoms with Crippen LogP contribution in [0.15, 0.2) is 53.5 Å². The van der Waals surface area contributed by atoms with E-state index in [1.807, 2.05) is 24.3 Å². The Labute approximate surface area is 214 Å². The number of benzene rings is 2. The third-order valence-corrected chi connectivity index (χ3v) is 5.60. The summed E-state index contributed by atoms with van der Waals surface area (Å²) in [7, 11) is 1.77. The van der Waals surface area contributed by atoms with Crippen molar-refractivity contribution in [2.75, 3.05) is 46.5 Å². The zero-order valence-electron chi connectivity index (χ0n) is 19.6. The molecule has 0 spiro atoms. The quantitative estimate of drug-likeness (QED) is 0.195. The lowest BCUT2D eigenvalue weighted by molar-refractivity contribution is 0.0170. The van der Waals surface area contributed by atoms with E-state index in [1.165, 1.54) is 23.3 Å². The van der Waals surface area contributed by atoms with Gasteiger partial charge in [-0.15, -0.1) is 24.0 Å². The van der Waals surface area contributed by atoms with E-state index in [4.69, 9.17) is 9.47 Å². The summed E-state index contributed by atoms with van der Waals surface area (Å²) in [6, 6.07) is 15.2. The Morgan fingerprint density at radius 3 is 2.45 bits per heavy atom. The summed E-state index contributed by atoms with van der Waals surface area (Å²) in [5.41, 5.74) is 3.45. The number of nitrogens with one attached hydrogen (secondary N) is 2. The van der Waals surface area contributed by atoms with Crippen molar-refractivity contribution >= 4 is 29.9 Å². The molecule has 1 saturated heterocycles. The minimum atomic E-state index is -0.221. The van der Waals surface area contributed by atoms with E-state index in [9.17, 15) is 4.39 Å². The van der Waals surface area contributed by atoms with Gasteiger partial charge < -0.3 is 20.1 Å². The van der Waals surface area contributed by atoms with Gasteiger partial charge in [0.2, 0.25) is 0 Å². The van der Waals surface area contributed by atoms with Crippen LogP contribution in [0.1, 0.15) is 36.1 Å².